The van der Waals surface area contributed by atoms with Gasteiger partial charge in [-0.15, -0.1) is 0 Å². The average Bonchev–Trinajstić information content (AvgIpc) is 2.31. The first kappa shape index (κ1) is 13.0. The van der Waals surface area contributed by atoms with E-state index in [-0.39, 0.29) is 31.0 Å². The van der Waals surface area contributed by atoms with Gasteiger partial charge in [0.05, 0.1) is 25.2 Å². The fourth-order valence-electron chi connectivity index (χ4n) is 2.20. The molecule has 0 spiro atoms. The highest BCUT2D eigenvalue weighted by molar-refractivity contribution is 6.00. The second kappa shape index (κ2) is 5.04. The van der Waals surface area contributed by atoms with Crippen molar-refractivity contribution in [1.82, 2.24) is 0 Å². The second-order valence-corrected chi connectivity index (χ2v) is 4.39. The van der Waals surface area contributed by atoms with E-state index in [1.807, 2.05) is 0 Å². The maximum Gasteiger partial charge on any atom is 0.170 e. The van der Waals surface area contributed by atoms with E-state index in [2.05, 4.69) is 0 Å². The highest BCUT2D eigenvalue weighted by atomic mass is 19.1. The number of carbonyl (C=O) groups is 1. The minimum absolute atomic E-state index is 0.116. The van der Waals surface area contributed by atoms with Gasteiger partial charge in [-0.1, -0.05) is 0 Å². The third-order valence-electron chi connectivity index (χ3n) is 2.87. The van der Waals surface area contributed by atoms with Crippen molar-refractivity contribution >= 4 is 5.78 Å². The highest BCUT2D eigenvalue weighted by Crippen LogP contribution is 2.34. The maximum atomic E-state index is 13.1. The predicted molar refractivity (Wildman–Crippen MR) is 62.5 cm³/mol. The highest BCUT2D eigenvalue weighted by Gasteiger charge is 2.41. The minimum Gasteiger partial charge on any atom is -0.481 e. The Kier molecular flexibility index (Phi) is 3.63. The molecule has 0 radical (unpaired) electrons. The number of carbonyl (C=O) groups excluding carboxylic acids is 1. The number of fused-ring (bicyclic) bond motifs is 1. The quantitative estimate of drug-likeness (QED) is 0.822. The van der Waals surface area contributed by atoms with E-state index in [9.17, 15) is 9.18 Å². The van der Waals surface area contributed by atoms with Gasteiger partial charge in [-0.2, -0.15) is 0 Å². The van der Waals surface area contributed by atoms with E-state index in [0.29, 0.717) is 5.75 Å². The number of benzene rings is 1. The fourth-order valence-corrected chi connectivity index (χ4v) is 2.20. The summed E-state index contributed by atoms with van der Waals surface area (Å²) >= 11 is 0. The maximum absolute atomic E-state index is 13.1. The molecular formula is C13H15FO4. The van der Waals surface area contributed by atoms with Crippen molar-refractivity contribution in [2.75, 3.05) is 27.4 Å². The normalized spacial score (nSPS) is 17.2. The first-order chi connectivity index (χ1) is 8.60. The second-order valence-electron chi connectivity index (χ2n) is 4.39. The van der Waals surface area contributed by atoms with Crippen LogP contribution in [0.3, 0.4) is 0 Å². The van der Waals surface area contributed by atoms with Crippen LogP contribution in [0.4, 0.5) is 4.39 Å². The number of hydrogen-bond acceptors (Lipinski definition) is 4. The van der Waals surface area contributed by atoms with Crippen LogP contribution in [-0.4, -0.2) is 38.8 Å². The molecule has 1 aromatic rings. The van der Waals surface area contributed by atoms with Crippen LogP contribution in [0.1, 0.15) is 16.8 Å². The lowest BCUT2D eigenvalue weighted by Gasteiger charge is -2.36. The van der Waals surface area contributed by atoms with E-state index in [0.717, 1.165) is 0 Å². The summed E-state index contributed by atoms with van der Waals surface area (Å²) in [7, 11) is 3.07. The van der Waals surface area contributed by atoms with Gasteiger partial charge in [0.1, 0.15) is 11.6 Å². The third kappa shape index (κ3) is 2.37. The van der Waals surface area contributed by atoms with E-state index in [1.165, 1.54) is 32.4 Å². The molecule has 0 N–H and O–H groups in total. The molecule has 1 heterocycles. The van der Waals surface area contributed by atoms with Gasteiger partial charge in [0.2, 0.25) is 0 Å². The van der Waals surface area contributed by atoms with Gasteiger partial charge in [0, 0.05) is 14.2 Å². The molecule has 0 saturated heterocycles. The number of methoxy groups -OCH3 is 2. The van der Waals surface area contributed by atoms with Gasteiger partial charge in [-0.3, -0.25) is 4.79 Å². The van der Waals surface area contributed by atoms with Crippen LogP contribution in [0.5, 0.6) is 5.75 Å². The molecule has 2 rings (SSSR count). The van der Waals surface area contributed by atoms with Crippen LogP contribution in [0.15, 0.2) is 18.2 Å². The van der Waals surface area contributed by atoms with Crippen molar-refractivity contribution in [1.29, 1.82) is 0 Å². The average molecular weight is 254 g/mol. The van der Waals surface area contributed by atoms with Crippen molar-refractivity contribution in [2.45, 2.75) is 12.0 Å². The molecule has 0 atom stereocenters. The Hall–Kier alpha value is -1.46. The first-order valence-corrected chi connectivity index (χ1v) is 5.60. The summed E-state index contributed by atoms with van der Waals surface area (Å²) in [6, 6.07) is 3.92. The molecule has 0 aliphatic carbocycles. The van der Waals surface area contributed by atoms with Gasteiger partial charge >= 0.3 is 0 Å². The number of rotatable bonds is 4. The topological polar surface area (TPSA) is 44.8 Å². The smallest absolute Gasteiger partial charge is 0.170 e. The van der Waals surface area contributed by atoms with E-state index in [1.54, 1.807) is 0 Å². The lowest BCUT2D eigenvalue weighted by atomic mass is 9.91. The van der Waals surface area contributed by atoms with Crippen LogP contribution in [0, 0.1) is 5.82 Å². The zero-order chi connectivity index (χ0) is 13.2. The van der Waals surface area contributed by atoms with Crippen LogP contribution in [0.2, 0.25) is 0 Å². The van der Waals surface area contributed by atoms with Gasteiger partial charge < -0.3 is 14.2 Å². The molecule has 0 amide bonds. The molecular weight excluding hydrogens is 239 g/mol. The van der Waals surface area contributed by atoms with Crippen LogP contribution in [0.25, 0.3) is 0 Å². The number of ketones is 1. The Morgan fingerprint density at radius 1 is 1.33 bits per heavy atom. The summed E-state index contributed by atoms with van der Waals surface area (Å²) in [6.07, 6.45) is 0.116. The molecule has 0 bridgehead atoms. The van der Waals surface area contributed by atoms with Gasteiger partial charge in [-0.25, -0.2) is 4.39 Å². The summed E-state index contributed by atoms with van der Waals surface area (Å²) in [6.45, 7) is 0.479. The first-order valence-electron chi connectivity index (χ1n) is 5.60. The molecule has 0 unspecified atom stereocenters. The minimum atomic E-state index is -0.828. The van der Waals surface area contributed by atoms with Gasteiger partial charge in [0.15, 0.2) is 11.4 Å². The van der Waals surface area contributed by atoms with E-state index >= 15 is 0 Å². The summed E-state index contributed by atoms with van der Waals surface area (Å²) in [5.41, 5.74) is -0.552. The van der Waals surface area contributed by atoms with Crippen LogP contribution >= 0.6 is 0 Å². The fraction of sp³-hybridized carbons (Fsp3) is 0.462. The van der Waals surface area contributed by atoms with Gasteiger partial charge in [0.25, 0.3) is 0 Å². The zero-order valence-corrected chi connectivity index (χ0v) is 10.4. The molecule has 4 nitrogen and oxygen atoms in total. The summed E-state index contributed by atoms with van der Waals surface area (Å²) in [5.74, 6) is -0.233. The van der Waals surface area contributed by atoms with Gasteiger partial charge in [-0.05, 0) is 18.2 Å². The van der Waals surface area contributed by atoms with Crippen molar-refractivity contribution in [3.8, 4) is 5.75 Å². The van der Waals surface area contributed by atoms with Crippen LogP contribution < -0.4 is 4.74 Å². The molecule has 0 aromatic heterocycles. The largest absolute Gasteiger partial charge is 0.481 e. The molecule has 5 heteroatoms. The van der Waals surface area contributed by atoms with Crippen molar-refractivity contribution in [3.05, 3.63) is 29.6 Å². The molecule has 1 aliphatic heterocycles. The van der Waals surface area contributed by atoms with Crippen molar-refractivity contribution < 1.29 is 23.4 Å². The monoisotopic (exact) mass is 254 g/mol. The van der Waals surface area contributed by atoms with E-state index < -0.39 is 11.4 Å². The Balaban J connectivity index is 2.36. The standard InChI is InChI=1S/C13H15FO4/c1-16-7-13(8-17-2)6-11(15)10-5-9(14)3-4-12(10)18-13/h3-5H,6-8H2,1-2H3. The van der Waals surface area contributed by atoms with E-state index in [4.69, 9.17) is 14.2 Å². The SMILES string of the molecule is COCC1(COC)CC(=O)c2cc(F)ccc2O1. The number of ether oxygens (including phenoxy) is 3. The molecule has 1 aliphatic rings. The number of halogens is 1. The Bertz CT molecular complexity index is 452. The summed E-state index contributed by atoms with van der Waals surface area (Å²) < 4.78 is 29.1. The third-order valence-corrected chi connectivity index (χ3v) is 2.87. The number of Topliss-reactive ketones (excluding diaryl/α,β-unsaturated/α-hetero) is 1. The Labute approximate surface area is 105 Å². The molecule has 0 saturated carbocycles. The molecule has 1 aromatic carbocycles. The lowest BCUT2D eigenvalue weighted by molar-refractivity contribution is -0.0631. The summed E-state index contributed by atoms with van der Waals surface area (Å²) in [5, 5.41) is 0. The lowest BCUT2D eigenvalue weighted by Crippen LogP contribution is -2.49. The number of hydrogen-bond donors (Lipinski definition) is 0. The van der Waals surface area contributed by atoms with Crippen molar-refractivity contribution in [3.63, 3.8) is 0 Å². The van der Waals surface area contributed by atoms with Crippen LogP contribution in [-0.2, 0) is 9.47 Å². The predicted octanol–water partition coefficient (Wildman–Crippen LogP) is 1.82. The molecule has 0 fully saturated rings. The van der Waals surface area contributed by atoms with Crippen molar-refractivity contribution in [2.24, 2.45) is 0 Å². The molecule has 18 heavy (non-hydrogen) atoms. The molecule has 98 valence electrons. The Morgan fingerprint density at radius 2 is 2.00 bits per heavy atom. The zero-order valence-electron chi connectivity index (χ0n) is 10.4. The Morgan fingerprint density at radius 3 is 2.61 bits per heavy atom. The summed E-state index contributed by atoms with van der Waals surface area (Å²) in [4.78, 5) is 12.0.